The Bertz CT molecular complexity index is 375. The molecule has 0 spiro atoms. The minimum Gasteiger partial charge on any atom is -0.0843 e. The second kappa shape index (κ2) is 4.47. The van der Waals surface area contributed by atoms with Gasteiger partial charge in [-0.1, -0.05) is 47.5 Å². The Morgan fingerprint density at radius 3 is 2.93 bits per heavy atom. The van der Waals surface area contributed by atoms with E-state index in [-0.39, 0.29) is 0 Å². The summed E-state index contributed by atoms with van der Waals surface area (Å²) in [4.78, 5) is 0. The van der Waals surface area contributed by atoms with E-state index < -0.39 is 0 Å². The molecule has 0 aromatic heterocycles. The Labute approximate surface area is 89.9 Å². The summed E-state index contributed by atoms with van der Waals surface area (Å²) < 4.78 is 0. The van der Waals surface area contributed by atoms with E-state index in [2.05, 4.69) is 24.3 Å². The van der Waals surface area contributed by atoms with Gasteiger partial charge in [0.05, 0.1) is 0 Å². The predicted octanol–water partition coefficient (Wildman–Crippen LogP) is 4.16. The first-order valence-electron chi connectivity index (χ1n) is 4.93. The van der Waals surface area contributed by atoms with Crippen LogP contribution in [-0.2, 0) is 6.42 Å². The largest absolute Gasteiger partial charge is 0.0843 e. The predicted molar refractivity (Wildman–Crippen MR) is 61.6 cm³/mol. The van der Waals surface area contributed by atoms with Gasteiger partial charge < -0.3 is 0 Å². The second-order valence-corrected chi connectivity index (χ2v) is 4.03. The molecule has 0 N–H and O–H groups in total. The average molecular weight is 205 g/mol. The van der Waals surface area contributed by atoms with Crippen LogP contribution in [0.3, 0.4) is 0 Å². The Hall–Kier alpha value is -1.01. The molecule has 1 aliphatic carbocycles. The quantitative estimate of drug-likeness (QED) is 0.679. The molecule has 0 nitrogen and oxygen atoms in total. The summed E-state index contributed by atoms with van der Waals surface area (Å²) in [5.41, 5.74) is 2.80. The molecule has 0 saturated carbocycles. The molecular weight excluding hydrogens is 192 g/mol. The van der Waals surface area contributed by atoms with Gasteiger partial charge in [-0.25, -0.2) is 0 Å². The smallest absolute Gasteiger partial charge is 0.0408 e. The Balaban J connectivity index is 2.10. The van der Waals surface area contributed by atoms with Crippen LogP contribution in [0.4, 0.5) is 0 Å². The van der Waals surface area contributed by atoms with E-state index in [1.54, 1.807) is 0 Å². The minimum atomic E-state index is 0.828. The van der Waals surface area contributed by atoms with Gasteiger partial charge >= 0.3 is 0 Å². The van der Waals surface area contributed by atoms with Crippen LogP contribution in [0.25, 0.3) is 0 Å². The number of hydrogen-bond donors (Lipinski definition) is 0. The third-order valence-electron chi connectivity index (χ3n) is 2.42. The van der Waals surface area contributed by atoms with E-state index in [1.165, 1.54) is 24.0 Å². The van der Waals surface area contributed by atoms with Crippen molar-refractivity contribution in [2.24, 2.45) is 0 Å². The molecule has 0 bridgehead atoms. The van der Waals surface area contributed by atoms with Gasteiger partial charge in [-0.15, -0.1) is 0 Å². The zero-order chi connectivity index (χ0) is 9.80. The maximum atomic E-state index is 5.93. The van der Waals surface area contributed by atoms with Crippen molar-refractivity contribution in [2.45, 2.75) is 19.3 Å². The molecule has 72 valence electrons. The van der Waals surface area contributed by atoms with Gasteiger partial charge in [-0.3, -0.25) is 0 Å². The molecule has 1 heteroatoms. The Morgan fingerprint density at radius 2 is 2.21 bits per heavy atom. The summed E-state index contributed by atoms with van der Waals surface area (Å²) in [6, 6.07) is 8.10. The molecule has 1 aromatic carbocycles. The number of halogens is 1. The minimum absolute atomic E-state index is 0.828. The summed E-state index contributed by atoms with van der Waals surface area (Å²) in [5.74, 6) is 0. The van der Waals surface area contributed by atoms with Gasteiger partial charge in [-0.2, -0.15) is 0 Å². The lowest BCUT2D eigenvalue weighted by Gasteiger charge is -2.08. The third-order valence-corrected chi connectivity index (χ3v) is 2.66. The lowest BCUT2D eigenvalue weighted by atomic mass is 9.98. The molecule has 0 heterocycles. The molecule has 0 radical (unpaired) electrons. The Morgan fingerprint density at radius 1 is 1.29 bits per heavy atom. The summed E-state index contributed by atoms with van der Waals surface area (Å²) in [6.07, 6.45) is 9.95. The summed E-state index contributed by atoms with van der Waals surface area (Å²) in [5, 5.41) is 0.828. The van der Waals surface area contributed by atoms with Gasteiger partial charge in [0.25, 0.3) is 0 Å². The highest BCUT2D eigenvalue weighted by molar-refractivity contribution is 6.30. The number of rotatable bonds is 2. The van der Waals surface area contributed by atoms with Gasteiger partial charge in [0.2, 0.25) is 0 Å². The highest BCUT2D eigenvalue weighted by atomic mass is 35.5. The second-order valence-electron chi connectivity index (χ2n) is 3.60. The molecule has 0 atom stereocenters. The number of hydrogen-bond acceptors (Lipinski definition) is 0. The van der Waals surface area contributed by atoms with Gasteiger partial charge in [-0.05, 0) is 37.0 Å². The highest BCUT2D eigenvalue weighted by Gasteiger charge is 2.01. The highest BCUT2D eigenvalue weighted by Crippen LogP contribution is 2.19. The van der Waals surface area contributed by atoms with Crippen LogP contribution in [0.1, 0.15) is 18.4 Å². The van der Waals surface area contributed by atoms with Crippen molar-refractivity contribution in [3.63, 3.8) is 0 Å². The Kier molecular flexibility index (Phi) is 3.05. The van der Waals surface area contributed by atoms with Crippen molar-refractivity contribution in [2.75, 3.05) is 0 Å². The zero-order valence-electron chi connectivity index (χ0n) is 8.04. The summed E-state index contributed by atoms with van der Waals surface area (Å²) in [6.45, 7) is 0. The van der Waals surface area contributed by atoms with Crippen LogP contribution in [0.15, 0.2) is 48.1 Å². The van der Waals surface area contributed by atoms with Crippen molar-refractivity contribution in [1.82, 2.24) is 0 Å². The van der Waals surface area contributed by atoms with Gasteiger partial charge in [0.1, 0.15) is 0 Å². The normalized spacial score (nSPS) is 15.4. The van der Waals surface area contributed by atoms with E-state index in [0.29, 0.717) is 0 Å². The monoisotopic (exact) mass is 204 g/mol. The van der Waals surface area contributed by atoms with Crippen molar-refractivity contribution >= 4 is 11.6 Å². The summed E-state index contributed by atoms with van der Waals surface area (Å²) >= 11 is 5.93. The van der Waals surface area contributed by atoms with E-state index >= 15 is 0 Å². The molecule has 14 heavy (non-hydrogen) atoms. The van der Waals surface area contributed by atoms with Crippen molar-refractivity contribution < 1.29 is 0 Å². The fraction of sp³-hybridized carbons (Fsp3) is 0.231. The first kappa shape index (κ1) is 9.54. The number of allylic oxidation sites excluding steroid dienone is 4. The lowest BCUT2D eigenvalue weighted by Crippen LogP contribution is -1.92. The first-order valence-corrected chi connectivity index (χ1v) is 5.31. The third kappa shape index (κ3) is 2.49. The van der Waals surface area contributed by atoms with Gasteiger partial charge in [0, 0.05) is 5.02 Å². The van der Waals surface area contributed by atoms with Crippen LogP contribution < -0.4 is 0 Å². The van der Waals surface area contributed by atoms with E-state index in [4.69, 9.17) is 11.6 Å². The van der Waals surface area contributed by atoms with Crippen LogP contribution >= 0.6 is 11.6 Å². The zero-order valence-corrected chi connectivity index (χ0v) is 8.80. The molecular formula is C13H13Cl. The van der Waals surface area contributed by atoms with Crippen molar-refractivity contribution in [1.29, 1.82) is 0 Å². The SMILES string of the molecule is Clc1cccc(CC2=CC=CCC2)c1. The fourth-order valence-electron chi connectivity index (χ4n) is 1.71. The first-order chi connectivity index (χ1) is 6.84. The molecule has 0 saturated heterocycles. The maximum absolute atomic E-state index is 5.93. The van der Waals surface area contributed by atoms with Crippen LogP contribution in [-0.4, -0.2) is 0 Å². The lowest BCUT2D eigenvalue weighted by molar-refractivity contribution is 0.911. The molecule has 0 aliphatic heterocycles. The molecule has 1 aliphatic rings. The standard InChI is InChI=1S/C13H13Cl/c14-13-8-4-7-12(10-13)9-11-5-2-1-3-6-11/h1-2,4-5,7-8,10H,3,6,9H2. The van der Waals surface area contributed by atoms with Crippen LogP contribution in [0.5, 0.6) is 0 Å². The maximum Gasteiger partial charge on any atom is 0.0408 e. The fourth-order valence-corrected chi connectivity index (χ4v) is 1.92. The van der Waals surface area contributed by atoms with Crippen LogP contribution in [0.2, 0.25) is 5.02 Å². The molecule has 0 fully saturated rings. The van der Waals surface area contributed by atoms with E-state index in [1.807, 2.05) is 18.2 Å². The molecule has 2 rings (SSSR count). The van der Waals surface area contributed by atoms with E-state index in [0.717, 1.165) is 11.4 Å². The van der Waals surface area contributed by atoms with Crippen LogP contribution in [0, 0.1) is 0 Å². The van der Waals surface area contributed by atoms with Crippen molar-refractivity contribution in [3.05, 3.63) is 58.7 Å². The molecule has 0 amide bonds. The average Bonchev–Trinajstić information content (AvgIpc) is 2.19. The van der Waals surface area contributed by atoms with Gasteiger partial charge in [0.15, 0.2) is 0 Å². The topological polar surface area (TPSA) is 0 Å². The molecule has 1 aromatic rings. The van der Waals surface area contributed by atoms with E-state index in [9.17, 15) is 0 Å². The van der Waals surface area contributed by atoms with Crippen molar-refractivity contribution in [3.8, 4) is 0 Å². The summed E-state index contributed by atoms with van der Waals surface area (Å²) in [7, 11) is 0. The number of benzene rings is 1. The molecule has 0 unspecified atom stereocenters.